The van der Waals surface area contributed by atoms with Crippen molar-refractivity contribution >= 4 is 5.91 Å². The van der Waals surface area contributed by atoms with E-state index in [0.29, 0.717) is 19.7 Å². The second-order valence-electron chi connectivity index (χ2n) is 6.91. The van der Waals surface area contributed by atoms with Gasteiger partial charge in [0.2, 0.25) is 5.91 Å². The molecule has 0 unspecified atom stereocenters. The van der Waals surface area contributed by atoms with Crippen LogP contribution in [-0.4, -0.2) is 38.9 Å². The van der Waals surface area contributed by atoms with E-state index in [1.54, 1.807) is 0 Å². The quantitative estimate of drug-likeness (QED) is 0.869. The van der Waals surface area contributed by atoms with Crippen molar-refractivity contribution in [1.82, 2.24) is 19.9 Å². The summed E-state index contributed by atoms with van der Waals surface area (Å²) in [6.07, 6.45) is 1.90. The number of carbonyl (C=O) groups is 1. The first-order chi connectivity index (χ1) is 10.9. The molecular weight excluding hydrogens is 292 g/mol. The molecule has 3 rings (SSSR count). The van der Waals surface area contributed by atoms with Crippen LogP contribution in [0.1, 0.15) is 32.5 Å². The molecule has 1 fully saturated rings. The van der Waals surface area contributed by atoms with E-state index in [0.717, 1.165) is 11.4 Å². The first-order valence-corrected chi connectivity index (χ1v) is 7.81. The van der Waals surface area contributed by atoms with Gasteiger partial charge < -0.3 is 9.64 Å². The number of hydrogen-bond acceptors (Lipinski definition) is 4. The van der Waals surface area contributed by atoms with E-state index in [1.165, 1.54) is 0 Å². The van der Waals surface area contributed by atoms with Gasteiger partial charge in [-0.05, 0) is 12.1 Å². The Kier molecular flexibility index (Phi) is 4.07. The first kappa shape index (κ1) is 15.5. The molecule has 0 N–H and O–H groups in total. The summed E-state index contributed by atoms with van der Waals surface area (Å²) in [5, 5.41) is 8.29. The lowest BCUT2D eigenvalue weighted by Gasteiger charge is -2.41. The lowest BCUT2D eigenvalue weighted by Crippen LogP contribution is -2.54. The number of benzene rings is 1. The molecule has 1 amide bonds. The molecule has 2 heterocycles. The minimum absolute atomic E-state index is 0.182. The van der Waals surface area contributed by atoms with Crippen molar-refractivity contribution in [3.05, 3.63) is 42.2 Å². The van der Waals surface area contributed by atoms with Gasteiger partial charge in [-0.15, -0.1) is 5.10 Å². The second kappa shape index (κ2) is 6.02. The van der Waals surface area contributed by atoms with Crippen molar-refractivity contribution in [3.8, 4) is 5.75 Å². The minimum atomic E-state index is -0.331. The molecule has 0 radical (unpaired) electrons. The molecule has 0 aliphatic carbocycles. The Bertz CT molecular complexity index is 669. The second-order valence-corrected chi connectivity index (χ2v) is 6.91. The normalized spacial score (nSPS) is 15.3. The van der Waals surface area contributed by atoms with E-state index in [9.17, 15) is 4.79 Å². The van der Waals surface area contributed by atoms with Crippen LogP contribution in [0.3, 0.4) is 0 Å². The van der Waals surface area contributed by atoms with Gasteiger partial charge in [0, 0.05) is 18.5 Å². The fraction of sp³-hybridized carbons (Fsp3) is 0.471. The van der Waals surface area contributed by atoms with Crippen molar-refractivity contribution in [3.63, 3.8) is 0 Å². The third kappa shape index (κ3) is 3.52. The smallest absolute Gasteiger partial charge is 0.228 e. The lowest BCUT2D eigenvalue weighted by molar-refractivity contribution is -0.145. The number of amides is 1. The molecule has 1 aromatic heterocycles. The summed E-state index contributed by atoms with van der Waals surface area (Å²) in [6, 6.07) is 9.84. The summed E-state index contributed by atoms with van der Waals surface area (Å²) in [4.78, 5) is 14.0. The highest BCUT2D eigenvalue weighted by Gasteiger charge is 2.37. The zero-order valence-electron chi connectivity index (χ0n) is 13.8. The van der Waals surface area contributed by atoms with Gasteiger partial charge in [-0.2, -0.15) is 0 Å². The zero-order valence-corrected chi connectivity index (χ0v) is 13.8. The van der Waals surface area contributed by atoms with Gasteiger partial charge in [-0.25, -0.2) is 4.68 Å². The molecule has 1 aliphatic heterocycles. The number of ether oxygens (including phenoxy) is 1. The molecule has 1 aliphatic rings. The number of aromatic nitrogens is 3. The SMILES string of the molecule is CC(C)(C)C(=O)N1CC(n2cc(COc3ccccc3)nn2)C1. The van der Waals surface area contributed by atoms with Gasteiger partial charge >= 0.3 is 0 Å². The molecule has 0 spiro atoms. The predicted molar refractivity (Wildman–Crippen MR) is 85.9 cm³/mol. The molecule has 0 atom stereocenters. The van der Waals surface area contributed by atoms with Gasteiger partial charge in [0.15, 0.2) is 0 Å². The average molecular weight is 314 g/mol. The van der Waals surface area contributed by atoms with Crippen LogP contribution in [0.4, 0.5) is 0 Å². The van der Waals surface area contributed by atoms with Gasteiger partial charge in [0.25, 0.3) is 0 Å². The van der Waals surface area contributed by atoms with Gasteiger partial charge in [-0.3, -0.25) is 4.79 Å². The molecule has 2 aromatic rings. The molecule has 6 heteroatoms. The maximum Gasteiger partial charge on any atom is 0.228 e. The monoisotopic (exact) mass is 314 g/mol. The topological polar surface area (TPSA) is 60.2 Å². The van der Waals surface area contributed by atoms with Crippen LogP contribution in [0.2, 0.25) is 0 Å². The van der Waals surface area contributed by atoms with Crippen LogP contribution in [0.25, 0.3) is 0 Å². The fourth-order valence-corrected chi connectivity index (χ4v) is 2.49. The molecular formula is C17H22N4O2. The fourth-order valence-electron chi connectivity index (χ4n) is 2.49. The van der Waals surface area contributed by atoms with E-state index < -0.39 is 0 Å². The molecule has 0 bridgehead atoms. The molecule has 1 aromatic carbocycles. The van der Waals surface area contributed by atoms with Crippen LogP contribution >= 0.6 is 0 Å². The summed E-state index contributed by atoms with van der Waals surface area (Å²) in [6.45, 7) is 7.60. The van der Waals surface area contributed by atoms with Gasteiger partial charge in [0.05, 0.1) is 12.2 Å². The third-order valence-corrected chi connectivity index (χ3v) is 3.85. The van der Waals surface area contributed by atoms with Crippen LogP contribution in [0.15, 0.2) is 36.5 Å². The summed E-state index contributed by atoms with van der Waals surface area (Å²) >= 11 is 0. The Morgan fingerprint density at radius 2 is 1.96 bits per heavy atom. The number of hydrogen-bond donors (Lipinski definition) is 0. The summed E-state index contributed by atoms with van der Waals surface area (Å²) in [5.74, 6) is 0.995. The van der Waals surface area contributed by atoms with Crippen LogP contribution in [0.5, 0.6) is 5.75 Å². The Labute approximate surface area is 136 Å². The van der Waals surface area contributed by atoms with Gasteiger partial charge in [0.1, 0.15) is 18.1 Å². The van der Waals surface area contributed by atoms with E-state index in [-0.39, 0.29) is 17.4 Å². The van der Waals surface area contributed by atoms with Crippen LogP contribution in [-0.2, 0) is 11.4 Å². The molecule has 23 heavy (non-hydrogen) atoms. The third-order valence-electron chi connectivity index (χ3n) is 3.85. The highest BCUT2D eigenvalue weighted by atomic mass is 16.5. The van der Waals surface area contributed by atoms with E-state index in [4.69, 9.17) is 4.74 Å². The Hall–Kier alpha value is -2.37. The molecule has 1 saturated heterocycles. The summed E-state index contributed by atoms with van der Waals surface area (Å²) in [7, 11) is 0. The Balaban J connectivity index is 1.52. The summed E-state index contributed by atoms with van der Waals surface area (Å²) in [5.41, 5.74) is 0.455. The first-order valence-electron chi connectivity index (χ1n) is 7.81. The molecule has 122 valence electrons. The minimum Gasteiger partial charge on any atom is -0.487 e. The maximum absolute atomic E-state index is 12.1. The highest BCUT2D eigenvalue weighted by Crippen LogP contribution is 2.26. The van der Waals surface area contributed by atoms with E-state index in [1.807, 2.05) is 66.9 Å². The number of rotatable bonds is 4. The predicted octanol–water partition coefficient (Wildman–Crippen LogP) is 2.29. The maximum atomic E-state index is 12.1. The Morgan fingerprint density at radius 3 is 2.61 bits per heavy atom. The van der Waals surface area contributed by atoms with E-state index >= 15 is 0 Å². The average Bonchev–Trinajstić information content (AvgIpc) is 2.92. The molecule has 6 nitrogen and oxygen atoms in total. The van der Waals surface area contributed by atoms with E-state index in [2.05, 4.69) is 10.3 Å². The lowest BCUT2D eigenvalue weighted by atomic mass is 9.92. The summed E-state index contributed by atoms with van der Waals surface area (Å²) < 4.78 is 7.49. The highest BCUT2D eigenvalue weighted by molar-refractivity contribution is 5.82. The number of para-hydroxylation sites is 1. The molecule has 0 saturated carbocycles. The van der Waals surface area contributed by atoms with Crippen molar-refractivity contribution in [1.29, 1.82) is 0 Å². The van der Waals surface area contributed by atoms with Crippen molar-refractivity contribution in [2.45, 2.75) is 33.4 Å². The number of likely N-dealkylation sites (tertiary alicyclic amines) is 1. The standard InChI is InChI=1S/C17H22N4O2/c1-17(2,3)16(22)20-10-14(11-20)21-9-13(18-19-21)12-23-15-7-5-4-6-8-15/h4-9,14H,10-12H2,1-3H3. The number of nitrogens with zero attached hydrogens (tertiary/aromatic N) is 4. The van der Waals surface area contributed by atoms with Crippen LogP contribution in [0, 0.1) is 5.41 Å². The Morgan fingerprint density at radius 1 is 1.26 bits per heavy atom. The largest absolute Gasteiger partial charge is 0.487 e. The van der Waals surface area contributed by atoms with Crippen LogP contribution < -0.4 is 4.74 Å². The zero-order chi connectivity index (χ0) is 16.4. The van der Waals surface area contributed by atoms with Crippen molar-refractivity contribution in [2.24, 2.45) is 5.41 Å². The van der Waals surface area contributed by atoms with Crippen molar-refractivity contribution < 1.29 is 9.53 Å². The van der Waals surface area contributed by atoms with Crippen molar-refractivity contribution in [2.75, 3.05) is 13.1 Å². The van der Waals surface area contributed by atoms with Gasteiger partial charge in [-0.1, -0.05) is 44.2 Å². The number of carbonyl (C=O) groups excluding carboxylic acids is 1.